The lowest BCUT2D eigenvalue weighted by atomic mass is 9.88. The lowest BCUT2D eigenvalue weighted by Crippen LogP contribution is -2.06. The Labute approximate surface area is 135 Å². The quantitative estimate of drug-likeness (QED) is 0.212. The number of rotatable bonds is 15. The second-order valence-corrected chi connectivity index (χ2v) is 7.07. The second kappa shape index (κ2) is 16.1. The van der Waals surface area contributed by atoms with Crippen molar-refractivity contribution < 1.29 is 0 Å². The standard InChI is InChI=1S/C21H42/c1-5-7-9-10-11-12-13-14-15-17-19-21(4)20(3)18-16-8-6-2/h15,17,20-21H,5-14,16,18-19H2,1-4H3. The molecule has 0 aliphatic heterocycles. The third kappa shape index (κ3) is 14.4. The van der Waals surface area contributed by atoms with E-state index in [1.54, 1.807) is 0 Å². The van der Waals surface area contributed by atoms with Gasteiger partial charge in [-0.1, -0.05) is 104 Å². The first-order valence-electron chi connectivity index (χ1n) is 9.87. The first-order valence-corrected chi connectivity index (χ1v) is 9.87. The van der Waals surface area contributed by atoms with E-state index in [0.717, 1.165) is 11.8 Å². The van der Waals surface area contributed by atoms with Crippen LogP contribution in [0.2, 0.25) is 0 Å². The van der Waals surface area contributed by atoms with Crippen molar-refractivity contribution in [2.24, 2.45) is 11.8 Å². The van der Waals surface area contributed by atoms with E-state index in [1.807, 2.05) is 0 Å². The molecule has 0 heterocycles. The molecule has 0 rings (SSSR count). The predicted octanol–water partition coefficient (Wildman–Crippen LogP) is 7.93. The molecule has 21 heavy (non-hydrogen) atoms. The van der Waals surface area contributed by atoms with E-state index in [9.17, 15) is 0 Å². The monoisotopic (exact) mass is 294 g/mol. The van der Waals surface area contributed by atoms with Gasteiger partial charge in [-0.25, -0.2) is 0 Å². The predicted molar refractivity (Wildman–Crippen MR) is 98.8 cm³/mol. The van der Waals surface area contributed by atoms with Gasteiger partial charge in [0.15, 0.2) is 0 Å². The van der Waals surface area contributed by atoms with Crippen LogP contribution in [0.5, 0.6) is 0 Å². The lowest BCUT2D eigenvalue weighted by Gasteiger charge is -2.18. The largest absolute Gasteiger partial charge is 0.0885 e. The van der Waals surface area contributed by atoms with E-state index < -0.39 is 0 Å². The summed E-state index contributed by atoms with van der Waals surface area (Å²) < 4.78 is 0. The van der Waals surface area contributed by atoms with Gasteiger partial charge in [0.25, 0.3) is 0 Å². The number of allylic oxidation sites excluding steroid dienone is 2. The molecular formula is C21H42. The smallest absolute Gasteiger partial charge is 0.0322 e. The molecule has 2 atom stereocenters. The summed E-state index contributed by atoms with van der Waals surface area (Å²) in [6.45, 7) is 9.44. The summed E-state index contributed by atoms with van der Waals surface area (Å²) in [6, 6.07) is 0. The first kappa shape index (κ1) is 20.7. The van der Waals surface area contributed by atoms with Crippen molar-refractivity contribution >= 4 is 0 Å². The summed E-state index contributed by atoms with van der Waals surface area (Å²) in [5, 5.41) is 0. The summed E-state index contributed by atoms with van der Waals surface area (Å²) in [5.41, 5.74) is 0. The average molecular weight is 295 g/mol. The zero-order valence-electron chi connectivity index (χ0n) is 15.5. The molecular weight excluding hydrogens is 252 g/mol. The number of hydrogen-bond acceptors (Lipinski definition) is 0. The van der Waals surface area contributed by atoms with Crippen LogP contribution in [0.3, 0.4) is 0 Å². The van der Waals surface area contributed by atoms with Gasteiger partial charge in [0.1, 0.15) is 0 Å². The molecule has 0 N–H and O–H groups in total. The molecule has 0 radical (unpaired) electrons. The second-order valence-electron chi connectivity index (χ2n) is 7.07. The highest BCUT2D eigenvalue weighted by molar-refractivity contribution is 4.84. The van der Waals surface area contributed by atoms with Crippen molar-refractivity contribution in [3.8, 4) is 0 Å². The summed E-state index contributed by atoms with van der Waals surface area (Å²) >= 11 is 0. The van der Waals surface area contributed by atoms with Gasteiger partial charge in [-0.05, 0) is 31.1 Å². The van der Waals surface area contributed by atoms with Gasteiger partial charge in [-0.15, -0.1) is 0 Å². The molecule has 0 fully saturated rings. The molecule has 0 aromatic rings. The summed E-state index contributed by atoms with van der Waals surface area (Å²) in [5.74, 6) is 1.74. The minimum absolute atomic E-state index is 0.854. The SMILES string of the molecule is CCCCCCCCCC=CCC(C)C(C)CCCCC. The van der Waals surface area contributed by atoms with Crippen molar-refractivity contribution in [1.82, 2.24) is 0 Å². The first-order chi connectivity index (χ1) is 10.2. The molecule has 2 unspecified atom stereocenters. The van der Waals surface area contributed by atoms with Crippen LogP contribution < -0.4 is 0 Å². The van der Waals surface area contributed by atoms with Gasteiger partial charge in [0, 0.05) is 0 Å². The highest BCUT2D eigenvalue weighted by atomic mass is 14.1. The van der Waals surface area contributed by atoms with E-state index in [4.69, 9.17) is 0 Å². The molecule has 0 aliphatic rings. The van der Waals surface area contributed by atoms with E-state index in [1.165, 1.54) is 83.5 Å². The highest BCUT2D eigenvalue weighted by Gasteiger charge is 2.09. The van der Waals surface area contributed by atoms with Crippen LogP contribution in [0.25, 0.3) is 0 Å². The molecule has 0 saturated carbocycles. The molecule has 0 aromatic carbocycles. The Hall–Kier alpha value is -0.260. The van der Waals surface area contributed by atoms with Crippen molar-refractivity contribution in [2.75, 3.05) is 0 Å². The zero-order chi connectivity index (χ0) is 15.8. The molecule has 0 spiro atoms. The maximum atomic E-state index is 2.44. The fraction of sp³-hybridized carbons (Fsp3) is 0.905. The minimum atomic E-state index is 0.854. The Kier molecular flexibility index (Phi) is 15.9. The maximum absolute atomic E-state index is 2.44. The van der Waals surface area contributed by atoms with Crippen molar-refractivity contribution in [2.45, 2.75) is 111 Å². The highest BCUT2D eigenvalue weighted by Crippen LogP contribution is 2.21. The van der Waals surface area contributed by atoms with E-state index in [0.29, 0.717) is 0 Å². The van der Waals surface area contributed by atoms with Gasteiger partial charge >= 0.3 is 0 Å². The fourth-order valence-electron chi connectivity index (χ4n) is 2.88. The maximum Gasteiger partial charge on any atom is -0.0322 e. The van der Waals surface area contributed by atoms with E-state index in [-0.39, 0.29) is 0 Å². The Balaban J connectivity index is 3.40. The topological polar surface area (TPSA) is 0 Å². The summed E-state index contributed by atoms with van der Waals surface area (Å²) in [6.07, 6.45) is 23.0. The van der Waals surface area contributed by atoms with Crippen molar-refractivity contribution in [3.63, 3.8) is 0 Å². The summed E-state index contributed by atoms with van der Waals surface area (Å²) in [7, 11) is 0. The van der Waals surface area contributed by atoms with Crippen LogP contribution in [0.15, 0.2) is 12.2 Å². The molecule has 0 amide bonds. The van der Waals surface area contributed by atoms with Crippen LogP contribution in [0, 0.1) is 11.8 Å². The Morgan fingerprint density at radius 1 is 0.619 bits per heavy atom. The van der Waals surface area contributed by atoms with Crippen LogP contribution in [-0.4, -0.2) is 0 Å². The van der Waals surface area contributed by atoms with Gasteiger partial charge in [0.2, 0.25) is 0 Å². The third-order valence-corrected chi connectivity index (χ3v) is 4.88. The average Bonchev–Trinajstić information content (AvgIpc) is 2.49. The minimum Gasteiger partial charge on any atom is -0.0885 e. The van der Waals surface area contributed by atoms with Gasteiger partial charge in [0.05, 0.1) is 0 Å². The molecule has 0 bridgehead atoms. The molecule has 126 valence electrons. The summed E-state index contributed by atoms with van der Waals surface area (Å²) in [4.78, 5) is 0. The van der Waals surface area contributed by atoms with Gasteiger partial charge in [-0.2, -0.15) is 0 Å². The molecule has 0 saturated heterocycles. The Morgan fingerprint density at radius 2 is 1.19 bits per heavy atom. The number of hydrogen-bond donors (Lipinski definition) is 0. The normalized spacial score (nSPS) is 14.7. The van der Waals surface area contributed by atoms with Crippen molar-refractivity contribution in [3.05, 3.63) is 12.2 Å². The van der Waals surface area contributed by atoms with E-state index >= 15 is 0 Å². The molecule has 0 heteroatoms. The Bertz CT molecular complexity index is 216. The number of unbranched alkanes of at least 4 members (excludes halogenated alkanes) is 9. The van der Waals surface area contributed by atoms with Crippen LogP contribution in [-0.2, 0) is 0 Å². The zero-order valence-corrected chi connectivity index (χ0v) is 15.5. The van der Waals surface area contributed by atoms with Crippen molar-refractivity contribution in [1.29, 1.82) is 0 Å². The Morgan fingerprint density at radius 3 is 1.86 bits per heavy atom. The third-order valence-electron chi connectivity index (χ3n) is 4.88. The van der Waals surface area contributed by atoms with Crippen LogP contribution in [0.4, 0.5) is 0 Å². The van der Waals surface area contributed by atoms with Gasteiger partial charge < -0.3 is 0 Å². The lowest BCUT2D eigenvalue weighted by molar-refractivity contribution is 0.355. The molecule has 0 aliphatic carbocycles. The van der Waals surface area contributed by atoms with Crippen LogP contribution >= 0.6 is 0 Å². The molecule has 0 nitrogen and oxygen atoms in total. The van der Waals surface area contributed by atoms with E-state index in [2.05, 4.69) is 39.8 Å². The van der Waals surface area contributed by atoms with Gasteiger partial charge in [-0.3, -0.25) is 0 Å². The van der Waals surface area contributed by atoms with Crippen LogP contribution in [0.1, 0.15) is 111 Å². The fourth-order valence-corrected chi connectivity index (χ4v) is 2.88. The molecule has 0 aromatic heterocycles.